The number of hydrogen-bond donors (Lipinski definition) is 2. The molecule has 2 fully saturated rings. The summed E-state index contributed by atoms with van der Waals surface area (Å²) in [6.07, 6.45) is 7.92. The summed E-state index contributed by atoms with van der Waals surface area (Å²) in [5, 5.41) is 3.35. The molecule has 1 aliphatic carbocycles. The van der Waals surface area contributed by atoms with Crippen molar-refractivity contribution < 1.29 is 27.1 Å². The van der Waals surface area contributed by atoms with E-state index in [0.717, 1.165) is 51.3 Å². The van der Waals surface area contributed by atoms with Crippen molar-refractivity contribution in [1.29, 1.82) is 0 Å². The molecule has 2 atom stereocenters. The van der Waals surface area contributed by atoms with Crippen LogP contribution in [0.4, 0.5) is 4.39 Å². The SMILES string of the molecule is CS(=O)(=O)N[C@H]1CCCN[C@H]1COC1CCC(c2cc(F)cnc2OCC=O)CC1. The Kier molecular flexibility index (Phi) is 8.15. The van der Waals surface area contributed by atoms with Crippen molar-refractivity contribution in [2.75, 3.05) is 26.0 Å². The van der Waals surface area contributed by atoms with Gasteiger partial charge in [-0.15, -0.1) is 0 Å². The normalized spacial score (nSPS) is 27.5. The van der Waals surface area contributed by atoms with Gasteiger partial charge >= 0.3 is 0 Å². The van der Waals surface area contributed by atoms with Crippen LogP contribution in [0, 0.1) is 5.82 Å². The minimum atomic E-state index is -3.27. The van der Waals surface area contributed by atoms with Crippen molar-refractivity contribution in [3.05, 3.63) is 23.6 Å². The molecule has 0 radical (unpaired) electrons. The third-order valence-corrected chi connectivity index (χ3v) is 6.44. The van der Waals surface area contributed by atoms with Gasteiger partial charge in [-0.25, -0.2) is 22.5 Å². The molecule has 1 saturated carbocycles. The van der Waals surface area contributed by atoms with E-state index in [-0.39, 0.29) is 30.7 Å². The monoisotopic (exact) mass is 443 g/mol. The van der Waals surface area contributed by atoms with Gasteiger partial charge in [0, 0.05) is 17.6 Å². The molecule has 8 nitrogen and oxygen atoms in total. The zero-order chi connectivity index (χ0) is 21.6. The summed E-state index contributed by atoms with van der Waals surface area (Å²) in [7, 11) is -3.27. The lowest BCUT2D eigenvalue weighted by Gasteiger charge is -2.35. The molecule has 1 aliphatic heterocycles. The first-order valence-electron chi connectivity index (χ1n) is 10.4. The number of carbonyl (C=O) groups excluding carboxylic acids is 1. The molecule has 3 rings (SSSR count). The molecule has 2 aliphatic rings. The molecule has 1 aromatic rings. The van der Waals surface area contributed by atoms with Gasteiger partial charge in [-0.3, -0.25) is 4.79 Å². The van der Waals surface area contributed by atoms with Crippen LogP contribution in [-0.4, -0.2) is 63.9 Å². The number of ether oxygens (including phenoxy) is 2. The summed E-state index contributed by atoms with van der Waals surface area (Å²) >= 11 is 0. The number of pyridine rings is 1. The van der Waals surface area contributed by atoms with Gasteiger partial charge in [0.2, 0.25) is 15.9 Å². The van der Waals surface area contributed by atoms with E-state index in [1.54, 1.807) is 0 Å². The second-order valence-corrected chi connectivity index (χ2v) is 9.81. The van der Waals surface area contributed by atoms with Gasteiger partial charge in [0.1, 0.15) is 12.4 Å². The molecule has 0 amide bonds. The van der Waals surface area contributed by atoms with E-state index in [2.05, 4.69) is 15.0 Å². The molecule has 168 valence electrons. The van der Waals surface area contributed by atoms with E-state index < -0.39 is 15.8 Å². The van der Waals surface area contributed by atoms with Crippen LogP contribution in [0.15, 0.2) is 12.3 Å². The van der Waals surface area contributed by atoms with Gasteiger partial charge in [-0.05, 0) is 57.1 Å². The average Bonchev–Trinajstić information content (AvgIpc) is 2.71. The van der Waals surface area contributed by atoms with E-state index in [1.165, 1.54) is 12.3 Å². The molecule has 30 heavy (non-hydrogen) atoms. The minimum absolute atomic E-state index is 0.0537. The fraction of sp³-hybridized carbons (Fsp3) is 0.700. The maximum atomic E-state index is 13.7. The Bertz CT molecular complexity index is 815. The van der Waals surface area contributed by atoms with Crippen LogP contribution in [0.1, 0.15) is 50.0 Å². The molecule has 1 aromatic heterocycles. The van der Waals surface area contributed by atoms with E-state index in [4.69, 9.17) is 9.47 Å². The number of aromatic nitrogens is 1. The second-order valence-electron chi connectivity index (χ2n) is 8.03. The van der Waals surface area contributed by atoms with Crippen LogP contribution in [-0.2, 0) is 19.6 Å². The molecule has 2 heterocycles. The van der Waals surface area contributed by atoms with Gasteiger partial charge in [0.05, 0.1) is 25.2 Å². The number of halogens is 1. The smallest absolute Gasteiger partial charge is 0.217 e. The first-order chi connectivity index (χ1) is 14.4. The first-order valence-corrected chi connectivity index (χ1v) is 12.3. The largest absolute Gasteiger partial charge is 0.470 e. The third kappa shape index (κ3) is 6.69. The van der Waals surface area contributed by atoms with Crippen molar-refractivity contribution in [2.45, 2.75) is 62.6 Å². The van der Waals surface area contributed by atoms with Gasteiger partial charge in [0.15, 0.2) is 6.29 Å². The molecule has 0 aromatic carbocycles. The Morgan fingerprint density at radius 1 is 1.30 bits per heavy atom. The van der Waals surface area contributed by atoms with Crippen LogP contribution in [0.3, 0.4) is 0 Å². The Hall–Kier alpha value is -1.62. The molecule has 2 N–H and O–H groups in total. The number of nitrogens with zero attached hydrogens (tertiary/aromatic N) is 1. The lowest BCUT2D eigenvalue weighted by molar-refractivity contribution is -0.109. The number of hydrogen-bond acceptors (Lipinski definition) is 7. The fourth-order valence-corrected chi connectivity index (χ4v) is 5.12. The molecular formula is C20H30FN3O5S. The van der Waals surface area contributed by atoms with Crippen molar-refractivity contribution in [3.8, 4) is 5.88 Å². The average molecular weight is 444 g/mol. The quantitative estimate of drug-likeness (QED) is 0.557. The van der Waals surface area contributed by atoms with Gasteiger partial charge < -0.3 is 14.8 Å². The molecule has 0 bridgehead atoms. The van der Waals surface area contributed by atoms with Gasteiger partial charge in [-0.2, -0.15) is 0 Å². The number of nitrogens with one attached hydrogen (secondary N) is 2. The molecule has 1 saturated heterocycles. The zero-order valence-corrected chi connectivity index (χ0v) is 18.0. The highest BCUT2D eigenvalue weighted by Crippen LogP contribution is 2.38. The van der Waals surface area contributed by atoms with Gasteiger partial charge in [0.25, 0.3) is 0 Å². The Balaban J connectivity index is 1.52. The van der Waals surface area contributed by atoms with Crippen LogP contribution < -0.4 is 14.8 Å². The molecular weight excluding hydrogens is 413 g/mol. The van der Waals surface area contributed by atoms with Crippen LogP contribution in [0.2, 0.25) is 0 Å². The lowest BCUT2D eigenvalue weighted by atomic mass is 9.83. The van der Waals surface area contributed by atoms with E-state index in [1.807, 2.05) is 0 Å². The molecule has 10 heteroatoms. The van der Waals surface area contributed by atoms with Crippen molar-refractivity contribution in [1.82, 2.24) is 15.0 Å². The topological polar surface area (TPSA) is 107 Å². The van der Waals surface area contributed by atoms with E-state index in [9.17, 15) is 17.6 Å². The Labute approximate surface area is 177 Å². The van der Waals surface area contributed by atoms with E-state index in [0.29, 0.717) is 24.3 Å². The number of aldehydes is 1. The highest BCUT2D eigenvalue weighted by atomic mass is 32.2. The molecule has 0 spiro atoms. The Morgan fingerprint density at radius 2 is 2.07 bits per heavy atom. The fourth-order valence-electron chi connectivity index (χ4n) is 4.29. The van der Waals surface area contributed by atoms with Crippen molar-refractivity contribution >= 4 is 16.3 Å². The summed E-state index contributed by atoms with van der Waals surface area (Å²) < 4.78 is 51.1. The number of rotatable bonds is 9. The predicted molar refractivity (Wildman–Crippen MR) is 109 cm³/mol. The summed E-state index contributed by atoms with van der Waals surface area (Å²) in [6.45, 7) is 1.18. The summed E-state index contributed by atoms with van der Waals surface area (Å²) in [4.78, 5) is 14.6. The molecule has 0 unspecified atom stereocenters. The maximum Gasteiger partial charge on any atom is 0.217 e. The second kappa shape index (κ2) is 10.6. The zero-order valence-electron chi connectivity index (χ0n) is 17.2. The Morgan fingerprint density at radius 3 is 2.77 bits per heavy atom. The highest BCUT2D eigenvalue weighted by molar-refractivity contribution is 7.88. The first kappa shape index (κ1) is 23.1. The number of sulfonamides is 1. The van der Waals surface area contributed by atoms with Crippen LogP contribution in [0.25, 0.3) is 0 Å². The van der Waals surface area contributed by atoms with E-state index >= 15 is 0 Å². The third-order valence-electron chi connectivity index (χ3n) is 5.71. The van der Waals surface area contributed by atoms with Crippen LogP contribution in [0.5, 0.6) is 5.88 Å². The lowest BCUT2D eigenvalue weighted by Crippen LogP contribution is -2.55. The maximum absolute atomic E-state index is 13.7. The number of piperidine rings is 1. The van der Waals surface area contributed by atoms with Crippen LogP contribution >= 0.6 is 0 Å². The van der Waals surface area contributed by atoms with Gasteiger partial charge in [-0.1, -0.05) is 0 Å². The summed E-state index contributed by atoms with van der Waals surface area (Å²) in [6, 6.07) is 1.22. The highest BCUT2D eigenvalue weighted by Gasteiger charge is 2.30. The minimum Gasteiger partial charge on any atom is -0.470 e. The number of carbonyl (C=O) groups is 1. The predicted octanol–water partition coefficient (Wildman–Crippen LogP) is 1.51. The van der Waals surface area contributed by atoms with Crippen molar-refractivity contribution in [2.24, 2.45) is 0 Å². The summed E-state index contributed by atoms with van der Waals surface area (Å²) in [5.74, 6) is -0.00857. The van der Waals surface area contributed by atoms with Crippen molar-refractivity contribution in [3.63, 3.8) is 0 Å². The standard InChI is InChI=1S/C20H30FN3O5S/c1-30(26,27)24-18-3-2-8-22-19(18)13-29-16-6-4-14(5-7-16)17-11-15(21)12-23-20(17)28-10-9-25/h9,11-12,14,16,18-19,22,24H,2-8,10,13H2,1H3/t14?,16?,18-,19-/m0/s1. The summed E-state index contributed by atoms with van der Waals surface area (Å²) in [5.41, 5.74) is 0.696.